The van der Waals surface area contributed by atoms with Crippen molar-refractivity contribution in [3.05, 3.63) is 0 Å². The molecule has 0 aliphatic carbocycles. The van der Waals surface area contributed by atoms with Crippen LogP contribution in [0.25, 0.3) is 0 Å². The zero-order valence-electron chi connectivity index (χ0n) is 1.42. The molecule has 4 heteroatoms. The molecule has 0 aromatic carbocycles. The standard InChI is InChI=1S/Al.Cu.Mo.Pb.5H. The molecule has 0 aliphatic heterocycles. The van der Waals surface area contributed by atoms with Crippen LogP contribution >= 0.6 is 0 Å². The Morgan fingerprint density at radius 1 is 1.00 bits per heavy atom. The molecule has 0 saturated heterocycles. The van der Waals surface area contributed by atoms with Crippen molar-refractivity contribution in [2.45, 2.75) is 0 Å². The van der Waals surface area contributed by atoms with Crippen molar-refractivity contribution in [3.8, 4) is 0 Å². The molecule has 29 valence electrons. The van der Waals surface area contributed by atoms with Crippen LogP contribution in [-0.2, 0) is 38.1 Å². The van der Waals surface area contributed by atoms with Crippen LogP contribution in [0.2, 0.25) is 0 Å². The van der Waals surface area contributed by atoms with E-state index in [0.717, 1.165) is 0 Å². The van der Waals surface area contributed by atoms with Crippen LogP contribution in [0.5, 0.6) is 0 Å². The summed E-state index contributed by atoms with van der Waals surface area (Å²) in [5, 5.41) is 0. The number of hydrogen-bond donors (Lipinski definition) is 0. The molecular weight excluding hydrogens is 394 g/mol. The van der Waals surface area contributed by atoms with E-state index in [2.05, 4.69) is 0 Å². The van der Waals surface area contributed by atoms with E-state index >= 15 is 0 Å². The van der Waals surface area contributed by atoms with Gasteiger partial charge in [-0.05, 0) is 0 Å². The van der Waals surface area contributed by atoms with Gasteiger partial charge >= 0.3 is 27.3 Å². The molecule has 0 aliphatic rings. The summed E-state index contributed by atoms with van der Waals surface area (Å²) in [7, 11) is 0. The van der Waals surface area contributed by atoms with Gasteiger partial charge in [-0.1, -0.05) is 0 Å². The molecule has 0 saturated carbocycles. The summed E-state index contributed by atoms with van der Waals surface area (Å²) >= 11 is 0. The van der Waals surface area contributed by atoms with Gasteiger partial charge in [0, 0.05) is 38.1 Å². The van der Waals surface area contributed by atoms with Gasteiger partial charge in [-0.25, -0.2) is 0 Å². The molecule has 0 aromatic rings. The van der Waals surface area contributed by atoms with E-state index in [0.29, 0.717) is 0 Å². The average molecular weight is 399 g/mol. The van der Waals surface area contributed by atoms with Gasteiger partial charge in [-0.15, -0.1) is 0 Å². The fourth-order valence-electron chi connectivity index (χ4n) is 0. The molecule has 0 atom stereocenters. The van der Waals surface area contributed by atoms with E-state index < -0.39 is 0 Å². The predicted octanol–water partition coefficient (Wildman–Crippen LogP) is -2.11. The van der Waals surface area contributed by atoms with Gasteiger partial charge in [0.25, 0.3) is 0 Å². The molecular formula is H5AlCuMoPb. The van der Waals surface area contributed by atoms with Crippen molar-refractivity contribution in [1.82, 2.24) is 0 Å². The van der Waals surface area contributed by atoms with Crippen molar-refractivity contribution in [2.75, 3.05) is 0 Å². The molecule has 4 heavy (non-hydrogen) atoms. The number of hydrogen-bond acceptors (Lipinski definition) is 0. The summed E-state index contributed by atoms with van der Waals surface area (Å²) in [6.07, 6.45) is 0. The molecule has 0 unspecified atom stereocenters. The van der Waals surface area contributed by atoms with E-state index in [1.807, 2.05) is 0 Å². The minimum absolute atomic E-state index is 0. The maximum absolute atomic E-state index is 0. The first-order valence-corrected chi connectivity index (χ1v) is 0. The molecule has 0 heterocycles. The van der Waals surface area contributed by atoms with Gasteiger partial charge in [-0.3, -0.25) is 0 Å². The van der Waals surface area contributed by atoms with Crippen molar-refractivity contribution in [1.29, 1.82) is 0 Å². The van der Waals surface area contributed by atoms with E-state index in [1.54, 1.807) is 0 Å². The SMILES string of the molecule is [AlH3].[Cu].[Mo].[PbH2]. The van der Waals surface area contributed by atoms with E-state index in [-0.39, 0.29) is 82.8 Å². The topological polar surface area (TPSA) is 0 Å². The zero-order valence-corrected chi connectivity index (χ0v) is 9.86. The molecule has 3 radical (unpaired) electrons. The molecule has 0 N–H and O–H groups in total. The van der Waals surface area contributed by atoms with Gasteiger partial charge in [0.15, 0.2) is 17.4 Å². The Balaban J connectivity index is 0. The Hall–Kier alpha value is 2.66. The molecule has 0 nitrogen and oxygen atoms in total. The van der Waals surface area contributed by atoms with E-state index in [4.69, 9.17) is 0 Å². The van der Waals surface area contributed by atoms with Gasteiger partial charge in [0.1, 0.15) is 0 Å². The quantitative estimate of drug-likeness (QED) is 0.410. The van der Waals surface area contributed by atoms with Gasteiger partial charge < -0.3 is 0 Å². The summed E-state index contributed by atoms with van der Waals surface area (Å²) in [6, 6.07) is 0. The van der Waals surface area contributed by atoms with Crippen LogP contribution < -0.4 is 0 Å². The fraction of sp³-hybridized carbons (Fsp3) is 0. The predicted molar refractivity (Wildman–Crippen MR) is 18.5 cm³/mol. The van der Waals surface area contributed by atoms with Crippen LogP contribution in [0.15, 0.2) is 0 Å². The third kappa shape index (κ3) is 8.82. The van der Waals surface area contributed by atoms with Crippen LogP contribution in [0.1, 0.15) is 0 Å². The van der Waals surface area contributed by atoms with Crippen LogP contribution in [0, 0.1) is 0 Å². The van der Waals surface area contributed by atoms with Gasteiger partial charge in [0.2, 0.25) is 0 Å². The molecule has 0 amide bonds. The third-order valence-electron chi connectivity index (χ3n) is 0. The number of rotatable bonds is 0. The molecule has 0 fully saturated rings. The Morgan fingerprint density at radius 2 is 1.00 bits per heavy atom. The van der Waals surface area contributed by atoms with Crippen LogP contribution in [-0.4, -0.2) is 44.7 Å². The van der Waals surface area contributed by atoms with Crippen molar-refractivity contribution >= 4 is 44.7 Å². The average Bonchev–Trinajstić information content (AvgIpc) is 0. The maximum atomic E-state index is 0. The monoisotopic (exact) mass is 401 g/mol. The zero-order chi connectivity index (χ0) is 0. The summed E-state index contributed by atoms with van der Waals surface area (Å²) in [5.74, 6) is 0. The van der Waals surface area contributed by atoms with Crippen LogP contribution in [0.3, 0.4) is 0 Å². The Labute approximate surface area is 81.5 Å². The summed E-state index contributed by atoms with van der Waals surface area (Å²) in [4.78, 5) is 0. The van der Waals surface area contributed by atoms with Gasteiger partial charge in [0.05, 0.1) is 0 Å². The van der Waals surface area contributed by atoms with Gasteiger partial charge in [-0.2, -0.15) is 0 Å². The summed E-state index contributed by atoms with van der Waals surface area (Å²) < 4.78 is 0. The Kier molecular flexibility index (Phi) is 131. The summed E-state index contributed by atoms with van der Waals surface area (Å²) in [5.41, 5.74) is 0. The van der Waals surface area contributed by atoms with Crippen molar-refractivity contribution < 1.29 is 38.1 Å². The van der Waals surface area contributed by atoms with Crippen molar-refractivity contribution in [2.24, 2.45) is 0 Å². The fourth-order valence-corrected chi connectivity index (χ4v) is 0. The second kappa shape index (κ2) is 17.4. The molecule has 0 rings (SSSR count). The summed E-state index contributed by atoms with van der Waals surface area (Å²) in [6.45, 7) is 0. The Bertz CT molecular complexity index is 8.00. The molecule has 0 bridgehead atoms. The van der Waals surface area contributed by atoms with Crippen molar-refractivity contribution in [3.63, 3.8) is 0 Å². The molecule has 0 aromatic heterocycles. The first kappa shape index (κ1) is 30.1. The first-order valence-electron chi connectivity index (χ1n) is 0. The first-order chi connectivity index (χ1) is 0. The minimum atomic E-state index is 0. The third-order valence-corrected chi connectivity index (χ3v) is 0. The Morgan fingerprint density at radius 3 is 1.00 bits per heavy atom. The van der Waals surface area contributed by atoms with Crippen LogP contribution in [0.4, 0.5) is 0 Å². The second-order valence-corrected chi connectivity index (χ2v) is 0. The normalized spacial score (nSPS) is 0. The molecule has 0 spiro atoms. The second-order valence-electron chi connectivity index (χ2n) is 0. The van der Waals surface area contributed by atoms with E-state index in [9.17, 15) is 0 Å². The van der Waals surface area contributed by atoms with E-state index in [1.165, 1.54) is 0 Å².